The van der Waals surface area contributed by atoms with Gasteiger partial charge in [-0.1, -0.05) is 33.8 Å². The van der Waals surface area contributed by atoms with Gasteiger partial charge in [-0.05, 0) is 105 Å². The van der Waals surface area contributed by atoms with Crippen LogP contribution in [0.25, 0.3) is 0 Å². The molecule has 0 aromatic heterocycles. The average molecular weight is 553 g/mol. The van der Waals surface area contributed by atoms with Crippen LogP contribution in [-0.2, 0) is 0 Å². The zero-order valence-corrected chi connectivity index (χ0v) is 23.6. The van der Waals surface area contributed by atoms with Crippen molar-refractivity contribution in [2.24, 2.45) is 35.5 Å². The Labute approximate surface area is 228 Å². The van der Waals surface area contributed by atoms with Crippen LogP contribution in [0.5, 0.6) is 11.5 Å². The summed E-state index contributed by atoms with van der Waals surface area (Å²) in [6.07, 6.45) is -0.742. The molecule has 8 heteroatoms. The van der Waals surface area contributed by atoms with Crippen molar-refractivity contribution in [2.45, 2.75) is 73.5 Å². The molecule has 2 aliphatic rings. The Balaban J connectivity index is 1.76. The molecule has 0 heterocycles. The summed E-state index contributed by atoms with van der Waals surface area (Å²) in [6, 6.07) is 3.55. The maximum absolute atomic E-state index is 15.4. The summed E-state index contributed by atoms with van der Waals surface area (Å²) in [4.78, 5) is 0. The van der Waals surface area contributed by atoms with Crippen LogP contribution in [0.1, 0.15) is 59.9 Å². The molecule has 39 heavy (non-hydrogen) atoms. The Morgan fingerprint density at radius 1 is 0.795 bits per heavy atom. The van der Waals surface area contributed by atoms with Crippen molar-refractivity contribution in [3.05, 3.63) is 70.7 Å². The maximum Gasteiger partial charge on any atom is 0.423 e. The second-order valence-electron chi connectivity index (χ2n) is 11.5. The highest BCUT2D eigenvalue weighted by Gasteiger charge is 2.49. The molecule has 0 radical (unpaired) electrons. The number of benzene rings is 1. The van der Waals surface area contributed by atoms with Gasteiger partial charge in [0.2, 0.25) is 0 Å². The molecular formula is C31H40F4O4. The number of hydrogen-bond acceptors (Lipinski definition) is 4. The Morgan fingerprint density at radius 3 is 1.85 bits per heavy atom. The average Bonchev–Trinajstić information content (AvgIpc) is 2.81. The minimum atomic E-state index is -3.69. The van der Waals surface area contributed by atoms with Gasteiger partial charge in [0, 0.05) is 17.1 Å². The first kappa shape index (κ1) is 30.6. The third-order valence-electron chi connectivity index (χ3n) is 8.07. The van der Waals surface area contributed by atoms with Gasteiger partial charge >= 0.3 is 12.2 Å². The Hall–Kier alpha value is -2.90. The molecule has 0 bridgehead atoms. The van der Waals surface area contributed by atoms with E-state index in [0.717, 1.165) is 25.0 Å². The van der Waals surface area contributed by atoms with Crippen LogP contribution in [0.15, 0.2) is 65.2 Å². The van der Waals surface area contributed by atoms with E-state index in [4.69, 9.17) is 9.47 Å². The van der Waals surface area contributed by atoms with Gasteiger partial charge in [0.1, 0.15) is 11.5 Å². The van der Waals surface area contributed by atoms with E-state index in [9.17, 15) is 19.0 Å². The van der Waals surface area contributed by atoms with Gasteiger partial charge < -0.3 is 19.7 Å². The molecule has 0 aliphatic heterocycles. The summed E-state index contributed by atoms with van der Waals surface area (Å²) in [5, 5.41) is 19.8. The number of rotatable bonds is 10. The summed E-state index contributed by atoms with van der Waals surface area (Å²) in [5.41, 5.74) is -0.460. The first-order valence-corrected chi connectivity index (χ1v) is 13.4. The molecule has 216 valence electrons. The lowest BCUT2D eigenvalue weighted by Gasteiger charge is -2.44. The highest BCUT2D eigenvalue weighted by Crippen LogP contribution is 2.50. The molecule has 1 aromatic carbocycles. The maximum atomic E-state index is 15.4. The van der Waals surface area contributed by atoms with Gasteiger partial charge in [0.05, 0.1) is 11.5 Å². The van der Waals surface area contributed by atoms with E-state index in [1.807, 2.05) is 27.7 Å². The molecule has 1 aromatic rings. The highest BCUT2D eigenvalue weighted by atomic mass is 19.3. The van der Waals surface area contributed by atoms with Crippen molar-refractivity contribution in [2.75, 3.05) is 0 Å². The number of allylic oxidation sites excluding steroid dienone is 6. The smallest absolute Gasteiger partial charge is 0.423 e. The van der Waals surface area contributed by atoms with E-state index < -0.39 is 23.7 Å². The van der Waals surface area contributed by atoms with E-state index >= 15 is 8.78 Å². The lowest BCUT2D eigenvalue weighted by molar-refractivity contribution is -0.157. The normalized spacial score (nSPS) is 29.0. The van der Waals surface area contributed by atoms with E-state index in [0.29, 0.717) is 11.8 Å². The summed E-state index contributed by atoms with van der Waals surface area (Å²) in [5.74, 6) is -0.257. The molecule has 2 saturated carbocycles. The fraction of sp³-hybridized carbons (Fsp3) is 0.548. The number of halogens is 4. The van der Waals surface area contributed by atoms with E-state index in [-0.39, 0.29) is 51.9 Å². The lowest BCUT2D eigenvalue weighted by atomic mass is 9.63. The summed E-state index contributed by atoms with van der Waals surface area (Å²) in [7, 11) is 0. The largest absolute Gasteiger partial charge is 0.513 e. The Kier molecular flexibility index (Phi) is 9.18. The molecule has 4 unspecified atom stereocenters. The van der Waals surface area contributed by atoms with Gasteiger partial charge in [0.15, 0.2) is 0 Å². The van der Waals surface area contributed by atoms with E-state index in [1.54, 1.807) is 0 Å². The van der Waals surface area contributed by atoms with Gasteiger partial charge in [-0.15, -0.1) is 0 Å². The standard InChI is InChI=1S/C31H40F4O4/c1-17-16-24(38-30(32,33)22(6)8-12-26(37)29-20(4)15-21(29)5)10-13-27(17)39-31(34,35)25(11-9-23(7)36)28-18(2)14-19(28)3/h8-13,16,18-21,28-29,36-37H,14-15H2,1-7H3/b22-8+,23-9+,25-11+,26-12+/t18-,19?,20?,21?,28?,29?/m0/s1. The minimum Gasteiger partial charge on any atom is -0.513 e. The van der Waals surface area contributed by atoms with Gasteiger partial charge in [-0.2, -0.15) is 17.6 Å². The summed E-state index contributed by atoms with van der Waals surface area (Å²) >= 11 is 0. The third kappa shape index (κ3) is 7.00. The van der Waals surface area contributed by atoms with Crippen molar-refractivity contribution >= 4 is 0 Å². The van der Waals surface area contributed by atoms with Crippen LogP contribution < -0.4 is 9.47 Å². The van der Waals surface area contributed by atoms with Crippen molar-refractivity contribution in [3.8, 4) is 11.5 Å². The summed E-state index contributed by atoms with van der Waals surface area (Å²) in [6.45, 7) is 11.9. The number of hydrogen-bond donors (Lipinski definition) is 2. The monoisotopic (exact) mass is 552 g/mol. The molecule has 5 atom stereocenters. The van der Waals surface area contributed by atoms with Gasteiger partial charge in [-0.25, -0.2) is 0 Å². The molecule has 0 saturated heterocycles. The first-order valence-electron chi connectivity index (χ1n) is 13.4. The molecule has 0 amide bonds. The molecule has 2 aliphatic carbocycles. The van der Waals surface area contributed by atoms with Crippen molar-refractivity contribution in [1.29, 1.82) is 0 Å². The third-order valence-corrected chi connectivity index (χ3v) is 8.07. The van der Waals surface area contributed by atoms with Crippen LogP contribution in [0, 0.1) is 42.4 Å². The number of alkyl halides is 4. The zero-order chi connectivity index (χ0) is 29.3. The molecule has 3 rings (SSSR count). The summed E-state index contributed by atoms with van der Waals surface area (Å²) < 4.78 is 70.4. The second-order valence-corrected chi connectivity index (χ2v) is 11.5. The zero-order valence-electron chi connectivity index (χ0n) is 23.6. The van der Waals surface area contributed by atoms with Gasteiger partial charge in [0.25, 0.3) is 0 Å². The number of aliphatic hydroxyl groups excluding tert-OH is 2. The van der Waals surface area contributed by atoms with E-state index in [2.05, 4.69) is 0 Å². The first-order chi connectivity index (χ1) is 18.0. The van der Waals surface area contributed by atoms with Crippen LogP contribution in [0.4, 0.5) is 17.6 Å². The number of ether oxygens (including phenoxy) is 2. The van der Waals surface area contributed by atoms with Gasteiger partial charge in [-0.3, -0.25) is 0 Å². The fourth-order valence-corrected chi connectivity index (χ4v) is 5.94. The van der Waals surface area contributed by atoms with Crippen molar-refractivity contribution in [1.82, 2.24) is 0 Å². The highest BCUT2D eigenvalue weighted by molar-refractivity contribution is 5.41. The van der Waals surface area contributed by atoms with E-state index in [1.165, 1.54) is 51.1 Å². The number of aryl methyl sites for hydroxylation is 1. The number of aliphatic hydroxyl groups is 2. The van der Waals surface area contributed by atoms with Crippen molar-refractivity contribution in [3.63, 3.8) is 0 Å². The molecule has 0 spiro atoms. The molecule has 2 N–H and O–H groups in total. The second kappa shape index (κ2) is 11.7. The molecular weight excluding hydrogens is 512 g/mol. The quantitative estimate of drug-likeness (QED) is 0.173. The Morgan fingerprint density at radius 2 is 1.36 bits per heavy atom. The SMILES string of the molecule is C/C(O)=C\C=C(/C1C(C)C[C@@H]1C)C(F)(F)Oc1ccc(OC(F)(F)/C(C)=C/C=C(/O)C2C(C)CC2C)cc1C. The molecule has 4 nitrogen and oxygen atoms in total. The minimum absolute atomic E-state index is 0.0285. The Bertz CT molecular complexity index is 1150. The van der Waals surface area contributed by atoms with Crippen LogP contribution in [-0.4, -0.2) is 22.4 Å². The van der Waals surface area contributed by atoms with Crippen molar-refractivity contribution < 1.29 is 37.2 Å². The van der Waals surface area contributed by atoms with Crippen LogP contribution in [0.3, 0.4) is 0 Å². The van der Waals surface area contributed by atoms with Crippen LogP contribution in [0.2, 0.25) is 0 Å². The predicted molar refractivity (Wildman–Crippen MR) is 144 cm³/mol. The lowest BCUT2D eigenvalue weighted by Crippen LogP contribution is -2.42. The van der Waals surface area contributed by atoms with Crippen LogP contribution >= 0.6 is 0 Å². The topological polar surface area (TPSA) is 58.9 Å². The fourth-order valence-electron chi connectivity index (χ4n) is 5.94. The predicted octanol–water partition coefficient (Wildman–Crippen LogP) is 9.30. The molecule has 2 fully saturated rings.